The molecule has 1 N–H and O–H groups in total. The number of ether oxygens (including phenoxy) is 1. The number of amides is 2. The molecule has 43 heavy (non-hydrogen) atoms. The van der Waals surface area contributed by atoms with E-state index in [0.29, 0.717) is 29.8 Å². The molecule has 0 saturated carbocycles. The molecule has 224 valence electrons. The molecule has 11 heteroatoms. The number of fused-ring (bicyclic) bond motifs is 1. The summed E-state index contributed by atoms with van der Waals surface area (Å²) in [6.07, 6.45) is 2.00. The van der Waals surface area contributed by atoms with Crippen LogP contribution in [0.3, 0.4) is 0 Å². The van der Waals surface area contributed by atoms with Crippen LogP contribution in [0.1, 0.15) is 47.1 Å². The second-order valence-electron chi connectivity index (χ2n) is 11.4. The Balaban J connectivity index is 1.42. The van der Waals surface area contributed by atoms with Crippen LogP contribution in [0.4, 0.5) is 0 Å². The molecule has 2 aromatic carbocycles. The number of rotatable bonds is 9. The van der Waals surface area contributed by atoms with E-state index in [1.165, 1.54) is 32.2 Å². The molecule has 0 aliphatic carbocycles. The molecule has 3 aromatic rings. The zero-order chi connectivity index (χ0) is 30.9. The number of hydrogen-bond donors (Lipinski definition) is 1. The fourth-order valence-corrected chi connectivity index (χ4v) is 7.53. The predicted octanol–water partition coefficient (Wildman–Crippen LogP) is 2.83. The van der Waals surface area contributed by atoms with Gasteiger partial charge in [0.25, 0.3) is 11.8 Å². The summed E-state index contributed by atoms with van der Waals surface area (Å²) in [5, 5.41) is 1.48. The number of hydrogen-bond acceptors (Lipinski definition) is 8. The van der Waals surface area contributed by atoms with Gasteiger partial charge in [-0.25, -0.2) is 13.2 Å². The van der Waals surface area contributed by atoms with Crippen molar-refractivity contribution in [3.05, 3.63) is 107 Å². The van der Waals surface area contributed by atoms with Gasteiger partial charge in [0.05, 0.1) is 11.3 Å². The molecular weight excluding hydrogens is 568 g/mol. The molecule has 2 aliphatic heterocycles. The molecule has 1 aromatic heterocycles. The van der Waals surface area contributed by atoms with E-state index in [0.717, 1.165) is 4.90 Å². The highest BCUT2D eigenvalue weighted by Gasteiger charge is 2.70. The topological polar surface area (TPSA) is 126 Å². The van der Waals surface area contributed by atoms with Crippen LogP contribution in [0.2, 0.25) is 0 Å². The maximum Gasteiger partial charge on any atom is 0.331 e. The number of aromatic nitrogens is 1. The van der Waals surface area contributed by atoms with Crippen molar-refractivity contribution in [2.24, 2.45) is 0 Å². The average Bonchev–Trinajstić information content (AvgIpc) is 3.14. The second kappa shape index (κ2) is 11.7. The van der Waals surface area contributed by atoms with Crippen LogP contribution in [0, 0.1) is 0 Å². The zero-order valence-electron chi connectivity index (χ0n) is 24.4. The Kier molecular flexibility index (Phi) is 8.22. The molecule has 10 nitrogen and oxygen atoms in total. The fourth-order valence-electron chi connectivity index (χ4n) is 5.41. The van der Waals surface area contributed by atoms with Gasteiger partial charge in [0.15, 0.2) is 27.4 Å². The lowest BCUT2D eigenvalue weighted by atomic mass is 9.94. The van der Waals surface area contributed by atoms with Crippen molar-refractivity contribution in [1.29, 1.82) is 0 Å². The van der Waals surface area contributed by atoms with Gasteiger partial charge in [0.2, 0.25) is 0 Å². The lowest BCUT2D eigenvalue weighted by Gasteiger charge is -2.38. The van der Waals surface area contributed by atoms with Crippen molar-refractivity contribution >= 4 is 33.7 Å². The number of nitrogens with zero attached hydrogens (tertiary/aromatic N) is 3. The third kappa shape index (κ3) is 5.57. The van der Waals surface area contributed by atoms with E-state index >= 15 is 0 Å². The van der Waals surface area contributed by atoms with Crippen molar-refractivity contribution in [3.8, 4) is 0 Å². The quantitative estimate of drug-likeness (QED) is 0.225. The van der Waals surface area contributed by atoms with Crippen LogP contribution < -0.4 is 5.32 Å². The molecule has 0 bridgehead atoms. The third-order valence-corrected chi connectivity index (χ3v) is 10.6. The van der Waals surface area contributed by atoms with Gasteiger partial charge in [-0.2, -0.15) is 0 Å². The largest absolute Gasteiger partial charge is 0.451 e. The summed E-state index contributed by atoms with van der Waals surface area (Å²) in [7, 11) is -0.253. The highest BCUT2D eigenvalue weighted by Crippen LogP contribution is 2.49. The van der Waals surface area contributed by atoms with Crippen molar-refractivity contribution in [3.63, 3.8) is 0 Å². The molecular formula is C32H34N4O6S. The van der Waals surface area contributed by atoms with E-state index in [1.54, 1.807) is 6.07 Å². The van der Waals surface area contributed by atoms with Crippen LogP contribution in [0.5, 0.6) is 0 Å². The van der Waals surface area contributed by atoms with Crippen LogP contribution in [-0.4, -0.2) is 84.3 Å². The molecule has 2 fully saturated rings. The third-order valence-electron chi connectivity index (χ3n) is 7.82. The van der Waals surface area contributed by atoms with Gasteiger partial charge in [0.1, 0.15) is 4.75 Å². The van der Waals surface area contributed by atoms with E-state index in [4.69, 9.17) is 4.74 Å². The minimum absolute atomic E-state index is 0.0105. The summed E-state index contributed by atoms with van der Waals surface area (Å²) in [5.41, 5.74) is 2.00. The molecule has 5 rings (SSSR count). The summed E-state index contributed by atoms with van der Waals surface area (Å²) in [6.45, 7) is 3.98. The Morgan fingerprint density at radius 3 is 2.23 bits per heavy atom. The van der Waals surface area contributed by atoms with Crippen LogP contribution >= 0.6 is 0 Å². The summed E-state index contributed by atoms with van der Waals surface area (Å²) >= 11 is 0. The number of benzene rings is 2. The Morgan fingerprint density at radius 1 is 1.05 bits per heavy atom. The second-order valence-corrected chi connectivity index (χ2v) is 14.0. The monoisotopic (exact) mass is 602 g/mol. The minimum Gasteiger partial charge on any atom is -0.451 e. The predicted molar refractivity (Wildman–Crippen MR) is 161 cm³/mol. The molecule has 0 spiro atoms. The lowest BCUT2D eigenvalue weighted by molar-refractivity contribution is -0.160. The number of nitrogens with one attached hydrogen (secondary N) is 1. The van der Waals surface area contributed by atoms with Gasteiger partial charge in [-0.15, -0.1) is 0 Å². The lowest BCUT2D eigenvalue weighted by Crippen LogP contribution is -2.59. The van der Waals surface area contributed by atoms with E-state index in [9.17, 15) is 22.8 Å². The number of sulfone groups is 1. The standard InChI is InChI=1S/C32H34N4O6S/c1-32(2)27(31(39)42-26(21-11-7-5-8-12-21)22-13-9-6-10-14-22)36-29(38)25(30(36)43(32,40)41)20-24-19-23(15-16-33-24)28(37)34-17-18-35(3)4/h5-16,19-20,26-27,30H,17-18H2,1-4H3,(H,34,37)/b25-20-/t27-,30+/m0/s1. The van der Waals surface area contributed by atoms with Gasteiger partial charge in [-0.3, -0.25) is 14.6 Å². The normalized spacial score (nSPS) is 21.0. The maximum absolute atomic E-state index is 13.8. The Morgan fingerprint density at radius 2 is 1.65 bits per heavy atom. The summed E-state index contributed by atoms with van der Waals surface area (Å²) in [4.78, 5) is 47.1. The van der Waals surface area contributed by atoms with Gasteiger partial charge in [0, 0.05) is 24.8 Å². The zero-order valence-corrected chi connectivity index (χ0v) is 25.2. The first-order valence-electron chi connectivity index (χ1n) is 13.9. The van der Waals surface area contributed by atoms with Crippen molar-refractivity contribution in [2.45, 2.75) is 36.1 Å². The van der Waals surface area contributed by atoms with E-state index in [-0.39, 0.29) is 17.2 Å². The first-order valence-corrected chi connectivity index (χ1v) is 15.4. The van der Waals surface area contributed by atoms with E-state index in [1.807, 2.05) is 79.7 Å². The van der Waals surface area contributed by atoms with Crippen LogP contribution in [-0.2, 0) is 24.2 Å². The molecule has 2 aliphatic rings. The smallest absolute Gasteiger partial charge is 0.331 e. The first kappa shape index (κ1) is 30.1. The minimum atomic E-state index is -4.05. The van der Waals surface area contributed by atoms with E-state index in [2.05, 4.69) is 10.3 Å². The fraction of sp³-hybridized carbons (Fsp3) is 0.312. The van der Waals surface area contributed by atoms with Crippen molar-refractivity contribution in [2.75, 3.05) is 27.2 Å². The number of esters is 1. The SMILES string of the molecule is CN(C)CCNC(=O)c1ccnc(/C=C2/C(=O)N3[C@@H](C(=O)OC(c4ccccc4)c4ccccc4)C(C)(C)S(=O)(=O)[C@H]23)c1. The number of carbonyl (C=O) groups excluding carboxylic acids is 3. The number of carbonyl (C=O) groups is 3. The highest BCUT2D eigenvalue weighted by atomic mass is 32.2. The van der Waals surface area contributed by atoms with Crippen LogP contribution in [0.25, 0.3) is 6.08 Å². The molecule has 0 unspecified atom stereocenters. The van der Waals surface area contributed by atoms with E-state index < -0.39 is 44.0 Å². The molecule has 3 heterocycles. The maximum atomic E-state index is 13.8. The molecule has 2 amide bonds. The molecule has 2 atom stereocenters. The summed E-state index contributed by atoms with van der Waals surface area (Å²) < 4.78 is 31.9. The summed E-state index contributed by atoms with van der Waals surface area (Å²) in [5.74, 6) is -1.72. The average molecular weight is 603 g/mol. The molecule has 0 radical (unpaired) electrons. The van der Waals surface area contributed by atoms with Gasteiger partial charge in [-0.05, 0) is 57.3 Å². The number of likely N-dealkylation sites (N-methyl/N-ethyl adjacent to an activating group) is 1. The van der Waals surface area contributed by atoms with Crippen LogP contribution in [0.15, 0.2) is 84.6 Å². The van der Waals surface area contributed by atoms with Crippen molar-refractivity contribution < 1.29 is 27.5 Å². The molecule has 2 saturated heterocycles. The van der Waals surface area contributed by atoms with Gasteiger partial charge in [-0.1, -0.05) is 60.7 Å². The highest BCUT2D eigenvalue weighted by molar-refractivity contribution is 7.94. The Hall–Kier alpha value is -4.35. The first-order chi connectivity index (χ1) is 20.4. The van der Waals surface area contributed by atoms with Gasteiger partial charge < -0.3 is 19.9 Å². The Labute approximate surface area is 251 Å². The number of β-lactam (4-membered cyclic amide) rings is 1. The summed E-state index contributed by atoms with van der Waals surface area (Å²) in [6, 6.07) is 20.0. The Bertz CT molecular complexity index is 1630. The number of pyridine rings is 1. The van der Waals surface area contributed by atoms with Gasteiger partial charge >= 0.3 is 5.97 Å². The van der Waals surface area contributed by atoms with Crippen molar-refractivity contribution in [1.82, 2.24) is 20.1 Å².